The molecule has 0 saturated heterocycles. The zero-order valence-corrected chi connectivity index (χ0v) is 21.5. The number of hydrogen-bond acceptors (Lipinski definition) is 5. The molecule has 0 amide bonds. The van der Waals surface area contributed by atoms with E-state index >= 15 is 0 Å². The molecule has 6 nitrogen and oxygen atoms in total. The quantitative estimate of drug-likeness (QED) is 0.232. The lowest BCUT2D eigenvalue weighted by atomic mass is 9.93. The minimum absolute atomic E-state index is 0.0504. The largest absolute Gasteiger partial charge is 0.493 e. The first-order valence-corrected chi connectivity index (χ1v) is 12.6. The highest BCUT2D eigenvalue weighted by Gasteiger charge is 2.31. The maximum Gasteiger partial charge on any atom is 0.416 e. The van der Waals surface area contributed by atoms with Crippen LogP contribution in [0.25, 0.3) is 11.3 Å². The smallest absolute Gasteiger partial charge is 0.416 e. The van der Waals surface area contributed by atoms with Gasteiger partial charge in [0.05, 0.1) is 28.8 Å². The van der Waals surface area contributed by atoms with Crippen molar-refractivity contribution < 1.29 is 37.3 Å². The van der Waals surface area contributed by atoms with E-state index in [4.69, 9.17) is 21.1 Å². The summed E-state index contributed by atoms with van der Waals surface area (Å²) < 4.78 is 50.5. The van der Waals surface area contributed by atoms with E-state index in [-0.39, 0.29) is 29.6 Å². The van der Waals surface area contributed by atoms with Crippen molar-refractivity contribution in [2.75, 3.05) is 6.61 Å². The fraction of sp³-hybridized carbons (Fsp3) is 0.167. The number of ketones is 1. The molecule has 40 heavy (non-hydrogen) atoms. The number of ether oxygens (including phenoxy) is 2. The average Bonchev–Trinajstić information content (AvgIpc) is 2.93. The number of carboxylic acids is 1. The van der Waals surface area contributed by atoms with Crippen molar-refractivity contribution in [1.82, 2.24) is 4.98 Å². The fourth-order valence-corrected chi connectivity index (χ4v) is 4.61. The Morgan fingerprint density at radius 2 is 1.82 bits per heavy atom. The number of benzene rings is 3. The van der Waals surface area contributed by atoms with E-state index in [9.17, 15) is 27.9 Å². The summed E-state index contributed by atoms with van der Waals surface area (Å²) in [5.41, 5.74) is 1.48. The van der Waals surface area contributed by atoms with Gasteiger partial charge in [0.25, 0.3) is 0 Å². The lowest BCUT2D eigenvalue weighted by Gasteiger charge is -2.24. The monoisotopic (exact) mass is 567 g/mol. The standard InChI is InChI=1S/C30H21ClF3NO5/c31-24-14-23-22(29(37)38)10-11-39-27(23)15-28(24)40-21-7-5-18(6-8-21)26(36)12-17-4-9-25(35-16-17)19-2-1-3-20(13-19)30(32,33)34/h1-9,13-16,22H,10-12H2,(H,37,38). The second kappa shape index (κ2) is 11.0. The summed E-state index contributed by atoms with van der Waals surface area (Å²) in [6.07, 6.45) is -2.57. The summed E-state index contributed by atoms with van der Waals surface area (Å²) in [4.78, 5) is 28.6. The Bertz CT molecular complexity index is 1570. The molecule has 1 unspecified atom stereocenters. The summed E-state index contributed by atoms with van der Waals surface area (Å²) in [6, 6.07) is 17.7. The van der Waals surface area contributed by atoms with Crippen LogP contribution in [0, 0.1) is 0 Å². The minimum atomic E-state index is -4.45. The van der Waals surface area contributed by atoms with Crippen LogP contribution in [0.2, 0.25) is 5.02 Å². The van der Waals surface area contributed by atoms with Crippen LogP contribution in [0.3, 0.4) is 0 Å². The van der Waals surface area contributed by atoms with Gasteiger partial charge in [0, 0.05) is 35.4 Å². The molecule has 1 aliphatic rings. The summed E-state index contributed by atoms with van der Waals surface area (Å²) in [6.45, 7) is 0.269. The van der Waals surface area contributed by atoms with Gasteiger partial charge in [0.15, 0.2) is 5.78 Å². The predicted octanol–water partition coefficient (Wildman–Crippen LogP) is 7.59. The Morgan fingerprint density at radius 1 is 1.05 bits per heavy atom. The number of carbonyl (C=O) groups excluding carboxylic acids is 1. The lowest BCUT2D eigenvalue weighted by molar-refractivity contribution is -0.139. The maximum atomic E-state index is 13.0. The van der Waals surface area contributed by atoms with E-state index in [1.165, 1.54) is 18.3 Å². The number of hydrogen-bond donors (Lipinski definition) is 1. The first kappa shape index (κ1) is 27.2. The molecule has 1 N–H and O–H groups in total. The van der Waals surface area contributed by atoms with Gasteiger partial charge >= 0.3 is 12.1 Å². The topological polar surface area (TPSA) is 85.7 Å². The molecule has 4 aromatic rings. The Hall–Kier alpha value is -4.37. The first-order chi connectivity index (χ1) is 19.1. The van der Waals surface area contributed by atoms with Crippen molar-refractivity contribution in [3.63, 3.8) is 0 Å². The van der Waals surface area contributed by atoms with E-state index in [1.807, 2.05) is 0 Å². The molecule has 204 valence electrons. The molecule has 0 radical (unpaired) electrons. The number of fused-ring (bicyclic) bond motifs is 1. The Labute approximate surface area is 232 Å². The zero-order valence-electron chi connectivity index (χ0n) is 20.7. The normalized spacial score (nSPS) is 14.7. The second-order valence-electron chi connectivity index (χ2n) is 9.21. The molecule has 0 fully saturated rings. The molecule has 2 heterocycles. The highest BCUT2D eigenvalue weighted by atomic mass is 35.5. The number of Topliss-reactive ketones (excluding diaryl/α,β-unsaturated/α-hetero) is 1. The molecular formula is C30H21ClF3NO5. The highest BCUT2D eigenvalue weighted by molar-refractivity contribution is 6.32. The van der Waals surface area contributed by atoms with Crippen molar-refractivity contribution in [3.8, 4) is 28.5 Å². The van der Waals surface area contributed by atoms with E-state index in [0.29, 0.717) is 45.9 Å². The van der Waals surface area contributed by atoms with Crippen molar-refractivity contribution in [2.24, 2.45) is 0 Å². The highest BCUT2D eigenvalue weighted by Crippen LogP contribution is 2.42. The predicted molar refractivity (Wildman–Crippen MR) is 141 cm³/mol. The molecule has 1 aromatic heterocycles. The molecular weight excluding hydrogens is 547 g/mol. The SMILES string of the molecule is O=C(Cc1ccc(-c2cccc(C(F)(F)F)c2)nc1)c1ccc(Oc2cc3c(cc2Cl)C(C(=O)O)CCO3)cc1. The molecule has 1 atom stereocenters. The van der Waals surface area contributed by atoms with Gasteiger partial charge in [-0.3, -0.25) is 14.6 Å². The number of nitrogens with zero attached hydrogens (tertiary/aromatic N) is 1. The number of carbonyl (C=O) groups is 2. The minimum Gasteiger partial charge on any atom is -0.493 e. The number of aliphatic carboxylic acids is 1. The summed E-state index contributed by atoms with van der Waals surface area (Å²) in [7, 11) is 0. The molecule has 0 bridgehead atoms. The zero-order chi connectivity index (χ0) is 28.4. The number of rotatable bonds is 7. The third kappa shape index (κ3) is 5.94. The maximum absolute atomic E-state index is 13.0. The lowest BCUT2D eigenvalue weighted by Crippen LogP contribution is -2.20. The van der Waals surface area contributed by atoms with Crippen LogP contribution in [0.15, 0.2) is 79.0 Å². The number of pyridine rings is 1. The van der Waals surface area contributed by atoms with E-state index in [0.717, 1.165) is 12.1 Å². The van der Waals surface area contributed by atoms with Crippen LogP contribution in [0.5, 0.6) is 17.2 Å². The van der Waals surface area contributed by atoms with Gasteiger partial charge < -0.3 is 14.6 Å². The van der Waals surface area contributed by atoms with Crippen LogP contribution in [0.4, 0.5) is 13.2 Å². The van der Waals surface area contributed by atoms with E-state index in [2.05, 4.69) is 4.98 Å². The average molecular weight is 568 g/mol. The Kier molecular flexibility index (Phi) is 7.49. The third-order valence-corrected chi connectivity index (χ3v) is 6.78. The number of aromatic nitrogens is 1. The molecule has 0 aliphatic carbocycles. The molecule has 10 heteroatoms. The Balaban J connectivity index is 1.24. The number of halogens is 4. The molecule has 0 spiro atoms. The van der Waals surface area contributed by atoms with Crippen LogP contribution in [-0.2, 0) is 17.4 Å². The van der Waals surface area contributed by atoms with Crippen molar-refractivity contribution >= 4 is 23.4 Å². The van der Waals surface area contributed by atoms with Crippen LogP contribution < -0.4 is 9.47 Å². The van der Waals surface area contributed by atoms with Crippen molar-refractivity contribution in [1.29, 1.82) is 0 Å². The summed E-state index contributed by atoms with van der Waals surface area (Å²) >= 11 is 6.35. The van der Waals surface area contributed by atoms with Crippen molar-refractivity contribution in [3.05, 3.63) is 106 Å². The van der Waals surface area contributed by atoms with Crippen LogP contribution in [0.1, 0.15) is 39.4 Å². The molecule has 0 saturated carbocycles. The van der Waals surface area contributed by atoms with Gasteiger partial charge in [-0.25, -0.2) is 0 Å². The van der Waals surface area contributed by atoms with Crippen LogP contribution >= 0.6 is 11.6 Å². The number of alkyl halides is 3. The Morgan fingerprint density at radius 3 is 2.50 bits per heavy atom. The summed E-state index contributed by atoms with van der Waals surface area (Å²) in [5.74, 6) is -0.726. The van der Waals surface area contributed by atoms with Gasteiger partial charge in [0.2, 0.25) is 0 Å². The molecule has 5 rings (SSSR count). The van der Waals surface area contributed by atoms with Crippen LogP contribution in [-0.4, -0.2) is 28.4 Å². The third-order valence-electron chi connectivity index (χ3n) is 6.48. The van der Waals surface area contributed by atoms with Gasteiger partial charge in [-0.2, -0.15) is 13.2 Å². The second-order valence-corrected chi connectivity index (χ2v) is 9.61. The van der Waals surface area contributed by atoms with E-state index in [1.54, 1.807) is 48.5 Å². The van der Waals surface area contributed by atoms with Gasteiger partial charge in [-0.05, 0) is 60.5 Å². The fourth-order valence-electron chi connectivity index (χ4n) is 4.40. The number of carboxylic acid groups (broad SMARTS) is 1. The summed E-state index contributed by atoms with van der Waals surface area (Å²) in [5, 5.41) is 9.68. The first-order valence-electron chi connectivity index (χ1n) is 12.2. The van der Waals surface area contributed by atoms with Gasteiger partial charge in [-0.15, -0.1) is 0 Å². The van der Waals surface area contributed by atoms with E-state index < -0.39 is 23.6 Å². The van der Waals surface area contributed by atoms with Gasteiger partial charge in [0.1, 0.15) is 17.2 Å². The molecule has 3 aromatic carbocycles. The van der Waals surface area contributed by atoms with Gasteiger partial charge in [-0.1, -0.05) is 29.8 Å². The molecule has 1 aliphatic heterocycles. The van der Waals surface area contributed by atoms with Crippen molar-refractivity contribution in [2.45, 2.75) is 24.9 Å².